The largest absolute Gasteiger partial charge is 0.346 e. The lowest BCUT2D eigenvalue weighted by Crippen LogP contribution is -2.27. The van der Waals surface area contributed by atoms with Crippen LogP contribution in [-0.2, 0) is 6.42 Å². The van der Waals surface area contributed by atoms with Gasteiger partial charge in [0, 0.05) is 31.0 Å². The minimum atomic E-state index is 0.0264. The van der Waals surface area contributed by atoms with E-state index in [1.54, 1.807) is 0 Å². The smallest absolute Gasteiger partial charge is 0.205 e. The minimum Gasteiger partial charge on any atom is -0.346 e. The molecule has 0 N–H and O–H groups in total. The first-order valence-electron chi connectivity index (χ1n) is 5.68. The van der Waals surface area contributed by atoms with Crippen LogP contribution in [0.15, 0.2) is 0 Å². The van der Waals surface area contributed by atoms with Gasteiger partial charge < -0.3 is 4.90 Å². The topological polar surface area (TPSA) is 52.8 Å². The Labute approximate surface area is 101 Å². The Morgan fingerprint density at radius 2 is 2.25 bits per heavy atom. The van der Waals surface area contributed by atoms with E-state index in [1.165, 1.54) is 11.5 Å². The van der Waals surface area contributed by atoms with E-state index in [4.69, 9.17) is 5.26 Å². The lowest BCUT2D eigenvalue weighted by Gasteiger charge is -2.19. The molecule has 0 aliphatic heterocycles. The molecular weight excluding hydrogens is 220 g/mol. The number of aromatic nitrogens is 2. The molecule has 0 fully saturated rings. The summed E-state index contributed by atoms with van der Waals surface area (Å²) in [6, 6.07) is 2.25. The normalized spacial score (nSPS) is 12.1. The van der Waals surface area contributed by atoms with Crippen molar-refractivity contribution in [1.82, 2.24) is 9.36 Å². The summed E-state index contributed by atoms with van der Waals surface area (Å²) in [5, 5.41) is 9.74. The molecule has 1 rings (SSSR count). The number of rotatable bonds is 6. The molecule has 1 atom stereocenters. The van der Waals surface area contributed by atoms with E-state index >= 15 is 0 Å². The van der Waals surface area contributed by atoms with Crippen molar-refractivity contribution >= 4 is 16.7 Å². The highest BCUT2D eigenvalue weighted by Gasteiger charge is 2.13. The van der Waals surface area contributed by atoms with Crippen LogP contribution in [0.25, 0.3) is 0 Å². The summed E-state index contributed by atoms with van der Waals surface area (Å²) in [7, 11) is 0. The maximum atomic E-state index is 8.81. The third-order valence-electron chi connectivity index (χ3n) is 2.30. The number of anilines is 1. The highest BCUT2D eigenvalue weighted by molar-refractivity contribution is 7.09. The predicted octanol–water partition coefficient (Wildman–Crippen LogP) is 2.48. The minimum absolute atomic E-state index is 0.0264. The molecule has 0 saturated carbocycles. The second-order valence-corrected chi connectivity index (χ2v) is 4.54. The van der Waals surface area contributed by atoms with Crippen LogP contribution < -0.4 is 4.90 Å². The van der Waals surface area contributed by atoms with Crippen molar-refractivity contribution in [2.75, 3.05) is 18.0 Å². The van der Waals surface area contributed by atoms with Gasteiger partial charge in [0.05, 0.1) is 12.0 Å². The van der Waals surface area contributed by atoms with E-state index in [2.05, 4.69) is 34.2 Å². The van der Waals surface area contributed by atoms with E-state index in [9.17, 15) is 0 Å². The van der Waals surface area contributed by atoms with Crippen molar-refractivity contribution in [2.45, 2.75) is 33.6 Å². The number of aryl methyl sites for hydroxylation is 1. The van der Waals surface area contributed by atoms with E-state index in [0.717, 1.165) is 36.9 Å². The zero-order valence-corrected chi connectivity index (χ0v) is 10.9. The Morgan fingerprint density at radius 3 is 2.81 bits per heavy atom. The quantitative estimate of drug-likeness (QED) is 0.764. The Kier molecular flexibility index (Phi) is 5.20. The monoisotopic (exact) mass is 238 g/mol. The molecule has 1 heterocycles. The predicted molar refractivity (Wildman–Crippen MR) is 66.6 cm³/mol. The third kappa shape index (κ3) is 3.46. The van der Waals surface area contributed by atoms with Crippen LogP contribution in [0.2, 0.25) is 0 Å². The fourth-order valence-electron chi connectivity index (χ4n) is 1.41. The Bertz CT molecular complexity index is 355. The van der Waals surface area contributed by atoms with Gasteiger partial charge in [0.2, 0.25) is 5.13 Å². The van der Waals surface area contributed by atoms with Gasteiger partial charge >= 0.3 is 0 Å². The van der Waals surface area contributed by atoms with Gasteiger partial charge in [-0.1, -0.05) is 6.92 Å². The van der Waals surface area contributed by atoms with Gasteiger partial charge in [-0.05, 0) is 20.3 Å². The molecule has 0 aliphatic rings. The summed E-state index contributed by atoms with van der Waals surface area (Å²) in [4.78, 5) is 6.60. The maximum absolute atomic E-state index is 8.81. The van der Waals surface area contributed by atoms with Crippen LogP contribution in [-0.4, -0.2) is 22.4 Å². The van der Waals surface area contributed by atoms with E-state index < -0.39 is 0 Å². The van der Waals surface area contributed by atoms with Crippen molar-refractivity contribution < 1.29 is 0 Å². The Balaban J connectivity index is 2.67. The molecule has 0 spiro atoms. The molecule has 0 radical (unpaired) electrons. The van der Waals surface area contributed by atoms with Crippen LogP contribution in [0.1, 0.15) is 33.0 Å². The van der Waals surface area contributed by atoms with Gasteiger partial charge in [0.1, 0.15) is 5.82 Å². The molecule has 1 unspecified atom stereocenters. The number of hydrogen-bond donors (Lipinski definition) is 0. The van der Waals surface area contributed by atoms with Crippen LogP contribution in [0.3, 0.4) is 0 Å². The van der Waals surface area contributed by atoms with Crippen LogP contribution in [0, 0.1) is 17.2 Å². The van der Waals surface area contributed by atoms with Gasteiger partial charge in [-0.25, -0.2) is 4.98 Å². The summed E-state index contributed by atoms with van der Waals surface area (Å²) < 4.78 is 4.31. The van der Waals surface area contributed by atoms with Gasteiger partial charge in [-0.15, -0.1) is 0 Å². The first-order chi connectivity index (χ1) is 7.71. The Morgan fingerprint density at radius 1 is 1.50 bits per heavy atom. The zero-order valence-electron chi connectivity index (χ0n) is 10.1. The van der Waals surface area contributed by atoms with Crippen molar-refractivity contribution in [2.24, 2.45) is 5.92 Å². The standard InChI is InChI=1S/C11H18N4S/c1-4-6-10-13-11(16-14-10)15(5-2)8-9(3)7-12/h9H,4-6,8H2,1-3H3. The van der Waals surface area contributed by atoms with Crippen molar-refractivity contribution in [1.29, 1.82) is 5.26 Å². The van der Waals surface area contributed by atoms with Crippen molar-refractivity contribution in [3.63, 3.8) is 0 Å². The maximum Gasteiger partial charge on any atom is 0.205 e. The molecule has 0 bridgehead atoms. The molecule has 5 heteroatoms. The molecule has 0 saturated heterocycles. The number of hydrogen-bond acceptors (Lipinski definition) is 5. The average molecular weight is 238 g/mol. The van der Waals surface area contributed by atoms with Gasteiger partial charge in [0.15, 0.2) is 0 Å². The summed E-state index contributed by atoms with van der Waals surface area (Å²) in [6.45, 7) is 7.72. The third-order valence-corrected chi connectivity index (χ3v) is 3.11. The lowest BCUT2D eigenvalue weighted by atomic mass is 10.2. The first-order valence-corrected chi connectivity index (χ1v) is 6.45. The van der Waals surface area contributed by atoms with E-state index in [1.807, 2.05) is 6.92 Å². The average Bonchev–Trinajstić information content (AvgIpc) is 2.74. The highest BCUT2D eigenvalue weighted by atomic mass is 32.1. The fourth-order valence-corrected chi connectivity index (χ4v) is 2.20. The van der Waals surface area contributed by atoms with Crippen molar-refractivity contribution in [3.05, 3.63) is 5.82 Å². The zero-order chi connectivity index (χ0) is 12.0. The van der Waals surface area contributed by atoms with E-state index in [-0.39, 0.29) is 5.92 Å². The van der Waals surface area contributed by atoms with E-state index in [0.29, 0.717) is 0 Å². The Hall–Kier alpha value is -1.15. The van der Waals surface area contributed by atoms with Gasteiger partial charge in [-0.2, -0.15) is 9.64 Å². The molecule has 1 aromatic heterocycles. The lowest BCUT2D eigenvalue weighted by molar-refractivity contribution is 0.683. The summed E-state index contributed by atoms with van der Waals surface area (Å²) in [5.41, 5.74) is 0. The summed E-state index contributed by atoms with van der Waals surface area (Å²) in [5.74, 6) is 0.948. The second kappa shape index (κ2) is 6.44. The number of nitrogens with zero attached hydrogens (tertiary/aromatic N) is 4. The first kappa shape index (κ1) is 12.9. The second-order valence-electron chi connectivity index (χ2n) is 3.81. The fraction of sp³-hybridized carbons (Fsp3) is 0.727. The van der Waals surface area contributed by atoms with Crippen LogP contribution in [0.4, 0.5) is 5.13 Å². The molecule has 4 nitrogen and oxygen atoms in total. The molecule has 0 aromatic carbocycles. The molecule has 0 amide bonds. The molecular formula is C11H18N4S. The van der Waals surface area contributed by atoms with Crippen LogP contribution >= 0.6 is 11.5 Å². The highest BCUT2D eigenvalue weighted by Crippen LogP contribution is 2.18. The summed E-state index contributed by atoms with van der Waals surface area (Å²) in [6.07, 6.45) is 2.00. The van der Waals surface area contributed by atoms with Gasteiger partial charge in [0.25, 0.3) is 0 Å². The van der Waals surface area contributed by atoms with Gasteiger partial charge in [-0.3, -0.25) is 0 Å². The SMILES string of the molecule is CCCc1nsc(N(CC)CC(C)C#N)n1. The molecule has 1 aromatic rings. The van der Waals surface area contributed by atoms with Crippen molar-refractivity contribution in [3.8, 4) is 6.07 Å². The summed E-state index contributed by atoms with van der Waals surface area (Å²) >= 11 is 1.43. The molecule has 0 aliphatic carbocycles. The molecule has 16 heavy (non-hydrogen) atoms. The number of nitriles is 1. The van der Waals surface area contributed by atoms with Crippen LogP contribution in [0.5, 0.6) is 0 Å². The molecule has 88 valence electrons.